The van der Waals surface area contributed by atoms with Crippen LogP contribution in [-0.4, -0.2) is 49.5 Å². The lowest BCUT2D eigenvalue weighted by Crippen LogP contribution is -2.06. The van der Waals surface area contributed by atoms with Crippen LogP contribution < -0.4 is 10.6 Å². The smallest absolute Gasteiger partial charge is 0.232 e. The zero-order chi connectivity index (χ0) is 41.4. The molecule has 11 heteroatoms. The molecule has 1 aromatic heterocycles. The van der Waals surface area contributed by atoms with Crippen LogP contribution in [0, 0.1) is 6.92 Å². The Balaban J connectivity index is 1.81. The van der Waals surface area contributed by atoms with E-state index in [-0.39, 0.29) is 0 Å². The number of anilines is 4. The molecule has 2 N–H and O–H groups in total. The summed E-state index contributed by atoms with van der Waals surface area (Å²) in [6.45, 7) is 17.7. The minimum atomic E-state index is 0.538. The van der Waals surface area contributed by atoms with E-state index in [0.717, 1.165) is 57.9 Å². The molecule has 0 aliphatic rings. The normalized spacial score (nSPS) is 11.4. The van der Waals surface area contributed by atoms with Crippen LogP contribution in [0.1, 0.15) is 124 Å². The zero-order valence-electron chi connectivity index (χ0n) is 36.1. The Morgan fingerprint density at radius 1 is 0.448 bits per heavy atom. The van der Waals surface area contributed by atoms with Gasteiger partial charge in [0.25, 0.3) is 0 Å². The standard InChI is InChI=1S/C47H68N5S6/c1-8-15-25-53-39-31-37(32-40(54-26-16-9-2)43(39)57-29-19-12-5)48-46-50-45(36-23-21-35(14-7)22-24-36)51-47(52-46)49-38-33-41(55-27-17-10-3)44(58-30-20-13-6)42(34-38)56-28-18-11-4/h21-24,31-34H,7-20,25-30H2,1-6H3,(H2,48,49,50,51,52). The van der Waals surface area contributed by atoms with Gasteiger partial charge in [-0.05, 0) is 116 Å². The van der Waals surface area contributed by atoms with Crippen molar-refractivity contribution < 1.29 is 0 Å². The van der Waals surface area contributed by atoms with E-state index in [1.54, 1.807) is 0 Å². The van der Waals surface area contributed by atoms with Crippen molar-refractivity contribution in [2.45, 2.75) is 154 Å². The first-order valence-corrected chi connectivity index (χ1v) is 27.7. The second-order valence-electron chi connectivity index (χ2n) is 14.3. The van der Waals surface area contributed by atoms with Gasteiger partial charge in [0.1, 0.15) is 0 Å². The number of rotatable bonds is 30. The SMILES string of the molecule is [CH2]Cc1ccc(-c2nc(Nc3cc(SCCCC)c(SCCCC)c(SCCCC)c3)nc(Nc3cc(SCCCC)c(SCCCC)c(SCCCC)c3)n2)cc1. The summed E-state index contributed by atoms with van der Waals surface area (Å²) in [5, 5.41) is 7.38. The number of nitrogens with zero attached hydrogens (tertiary/aromatic N) is 3. The summed E-state index contributed by atoms with van der Waals surface area (Å²) in [7, 11) is 0. The van der Waals surface area contributed by atoms with Crippen LogP contribution in [0.3, 0.4) is 0 Å². The first-order valence-electron chi connectivity index (χ1n) is 21.8. The average molecular weight is 895 g/mol. The number of thioether (sulfide) groups is 6. The van der Waals surface area contributed by atoms with Gasteiger partial charge in [-0.1, -0.05) is 104 Å². The highest BCUT2D eigenvalue weighted by molar-refractivity contribution is 8.04. The lowest BCUT2D eigenvalue weighted by atomic mass is 10.1. The van der Waals surface area contributed by atoms with E-state index in [9.17, 15) is 0 Å². The molecule has 0 saturated carbocycles. The second kappa shape index (κ2) is 28.8. The van der Waals surface area contributed by atoms with Gasteiger partial charge in [-0.15, -0.1) is 70.6 Å². The number of nitrogens with one attached hydrogen (secondary N) is 2. The molecule has 1 heterocycles. The van der Waals surface area contributed by atoms with E-state index in [2.05, 4.69) is 108 Å². The maximum Gasteiger partial charge on any atom is 0.232 e. The maximum atomic E-state index is 5.08. The molecule has 0 aliphatic heterocycles. The van der Waals surface area contributed by atoms with Gasteiger partial charge in [-0.3, -0.25) is 0 Å². The number of hydrogen-bond acceptors (Lipinski definition) is 11. The van der Waals surface area contributed by atoms with Crippen LogP contribution in [0.15, 0.2) is 77.9 Å². The lowest BCUT2D eigenvalue weighted by Gasteiger charge is -2.18. The maximum absolute atomic E-state index is 5.08. The first kappa shape index (κ1) is 49.0. The van der Waals surface area contributed by atoms with Crippen LogP contribution in [0.25, 0.3) is 11.4 Å². The topological polar surface area (TPSA) is 62.7 Å². The molecule has 4 aromatic rings. The fourth-order valence-electron chi connectivity index (χ4n) is 5.65. The van der Waals surface area contributed by atoms with Crippen molar-refractivity contribution in [2.75, 3.05) is 45.2 Å². The average Bonchev–Trinajstić information content (AvgIpc) is 3.23. The summed E-state index contributed by atoms with van der Waals surface area (Å²) in [5.41, 5.74) is 4.18. The van der Waals surface area contributed by atoms with E-state index in [4.69, 9.17) is 15.0 Å². The zero-order valence-corrected chi connectivity index (χ0v) is 41.0. The molecule has 0 spiro atoms. The van der Waals surface area contributed by atoms with Crippen LogP contribution in [0.5, 0.6) is 0 Å². The lowest BCUT2D eigenvalue weighted by molar-refractivity contribution is 0.889. The third kappa shape index (κ3) is 16.7. The highest BCUT2D eigenvalue weighted by Gasteiger charge is 2.18. The van der Waals surface area contributed by atoms with Crippen LogP contribution in [-0.2, 0) is 6.42 Å². The molecular weight excluding hydrogens is 827 g/mol. The first-order chi connectivity index (χ1) is 28.5. The molecule has 0 atom stereocenters. The number of hydrogen-bond donors (Lipinski definition) is 2. The fourth-order valence-corrected chi connectivity index (χ4v) is 13.7. The Bertz CT molecular complexity index is 1610. The Labute approximate surface area is 378 Å². The molecule has 0 aliphatic carbocycles. The molecule has 3 aromatic carbocycles. The van der Waals surface area contributed by atoms with Gasteiger partial charge in [0.05, 0.1) is 0 Å². The van der Waals surface area contributed by atoms with E-state index in [0.29, 0.717) is 17.7 Å². The van der Waals surface area contributed by atoms with Crippen molar-refractivity contribution in [1.29, 1.82) is 0 Å². The van der Waals surface area contributed by atoms with Gasteiger partial charge in [0, 0.05) is 46.3 Å². The summed E-state index contributed by atoms with van der Waals surface area (Å²) in [6.07, 6.45) is 15.2. The van der Waals surface area contributed by atoms with Crippen LogP contribution >= 0.6 is 70.6 Å². The summed E-state index contributed by atoms with van der Waals surface area (Å²) >= 11 is 12.0. The molecular formula is C47H68N5S6. The van der Waals surface area contributed by atoms with Crippen LogP contribution in [0.2, 0.25) is 0 Å². The van der Waals surface area contributed by atoms with Crippen molar-refractivity contribution in [3.05, 3.63) is 61.0 Å². The Hall–Kier alpha value is -1.63. The Morgan fingerprint density at radius 3 is 1.09 bits per heavy atom. The third-order valence-electron chi connectivity index (χ3n) is 9.20. The third-order valence-corrected chi connectivity index (χ3v) is 16.7. The van der Waals surface area contributed by atoms with Crippen molar-refractivity contribution >= 4 is 93.8 Å². The van der Waals surface area contributed by atoms with Gasteiger partial charge < -0.3 is 10.6 Å². The quantitative estimate of drug-likeness (QED) is 0.0389. The van der Waals surface area contributed by atoms with Gasteiger partial charge in [0.2, 0.25) is 11.9 Å². The summed E-state index contributed by atoms with van der Waals surface area (Å²) in [5.74, 6) is 8.44. The minimum absolute atomic E-state index is 0.538. The molecule has 0 saturated heterocycles. The van der Waals surface area contributed by atoms with Gasteiger partial charge in [-0.25, -0.2) is 0 Å². The summed E-state index contributed by atoms with van der Waals surface area (Å²) in [4.78, 5) is 23.5. The van der Waals surface area contributed by atoms with Crippen LogP contribution in [0.4, 0.5) is 23.3 Å². The van der Waals surface area contributed by atoms with Crippen molar-refractivity contribution in [3.63, 3.8) is 0 Å². The Kier molecular flexibility index (Phi) is 24.4. The molecule has 5 nitrogen and oxygen atoms in total. The minimum Gasteiger partial charge on any atom is -0.324 e. The van der Waals surface area contributed by atoms with Crippen molar-refractivity contribution in [3.8, 4) is 11.4 Å². The predicted octanol–water partition coefficient (Wildman–Crippen LogP) is 16.8. The van der Waals surface area contributed by atoms with Gasteiger partial charge in [-0.2, -0.15) is 15.0 Å². The van der Waals surface area contributed by atoms with Crippen molar-refractivity contribution in [1.82, 2.24) is 15.0 Å². The van der Waals surface area contributed by atoms with E-state index in [1.807, 2.05) is 70.6 Å². The molecule has 4 rings (SSSR count). The number of benzene rings is 3. The molecule has 0 unspecified atom stereocenters. The largest absolute Gasteiger partial charge is 0.324 e. The van der Waals surface area contributed by atoms with E-state index >= 15 is 0 Å². The fraction of sp³-hybridized carbons (Fsp3) is 0.532. The van der Waals surface area contributed by atoms with E-state index < -0.39 is 0 Å². The van der Waals surface area contributed by atoms with Gasteiger partial charge >= 0.3 is 0 Å². The highest BCUT2D eigenvalue weighted by Crippen LogP contribution is 2.44. The number of aromatic nitrogens is 3. The summed E-state index contributed by atoms with van der Waals surface area (Å²) < 4.78 is 0. The number of unbranched alkanes of at least 4 members (excludes halogenated alkanes) is 6. The molecule has 58 heavy (non-hydrogen) atoms. The molecule has 0 bridgehead atoms. The van der Waals surface area contributed by atoms with Gasteiger partial charge in [0.15, 0.2) is 5.82 Å². The Morgan fingerprint density at radius 2 is 0.776 bits per heavy atom. The second-order valence-corrected chi connectivity index (χ2v) is 21.1. The summed E-state index contributed by atoms with van der Waals surface area (Å²) in [6, 6.07) is 17.7. The van der Waals surface area contributed by atoms with Crippen molar-refractivity contribution in [2.24, 2.45) is 0 Å². The molecule has 0 fully saturated rings. The predicted molar refractivity (Wildman–Crippen MR) is 268 cm³/mol. The molecule has 0 amide bonds. The highest BCUT2D eigenvalue weighted by atomic mass is 32.2. The molecule has 1 radical (unpaired) electrons. The monoisotopic (exact) mass is 894 g/mol. The molecule has 317 valence electrons. The van der Waals surface area contributed by atoms with E-state index in [1.165, 1.54) is 112 Å².